The molecular weight excluding hydrogens is 389 g/mol. The van der Waals surface area contributed by atoms with E-state index < -0.39 is 22.1 Å². The van der Waals surface area contributed by atoms with Gasteiger partial charge in [0.15, 0.2) is 0 Å². The molecule has 0 aliphatic carbocycles. The van der Waals surface area contributed by atoms with Crippen LogP contribution in [0.25, 0.3) is 0 Å². The summed E-state index contributed by atoms with van der Waals surface area (Å²) in [4.78, 5) is 13.3. The van der Waals surface area contributed by atoms with Crippen molar-refractivity contribution in [2.24, 2.45) is 0 Å². The highest BCUT2D eigenvalue weighted by atomic mass is 32.2. The van der Waals surface area contributed by atoms with Gasteiger partial charge in [-0.1, -0.05) is 0 Å². The maximum Gasteiger partial charge on any atom is 0.573 e. The van der Waals surface area contributed by atoms with Gasteiger partial charge in [-0.3, -0.25) is 0 Å². The number of cyclic esters (lactones) is 1. The number of benzene rings is 1. The Kier molecular flexibility index (Phi) is 5.26. The Hall–Kier alpha value is -2.01. The summed E-state index contributed by atoms with van der Waals surface area (Å²) in [5, 5.41) is 0. The fourth-order valence-corrected chi connectivity index (χ4v) is 4.75. The second-order valence-electron chi connectivity index (χ2n) is 6.50. The summed E-state index contributed by atoms with van der Waals surface area (Å²) in [5.41, 5.74) is 0. The van der Waals surface area contributed by atoms with Gasteiger partial charge < -0.3 is 14.4 Å². The zero-order valence-corrected chi connectivity index (χ0v) is 15.3. The Morgan fingerprint density at radius 2 is 1.74 bits per heavy atom. The van der Waals surface area contributed by atoms with Gasteiger partial charge in [0.1, 0.15) is 11.9 Å². The van der Waals surface area contributed by atoms with Crippen molar-refractivity contribution in [3.8, 4) is 5.75 Å². The number of hydrogen-bond donors (Lipinski definition) is 0. The van der Waals surface area contributed by atoms with Crippen LogP contribution in [0.1, 0.15) is 19.8 Å². The van der Waals surface area contributed by atoms with E-state index in [4.69, 9.17) is 4.74 Å². The Balaban J connectivity index is 1.64. The second-order valence-corrected chi connectivity index (χ2v) is 8.44. The van der Waals surface area contributed by atoms with Crippen LogP contribution in [0.5, 0.6) is 5.75 Å². The molecule has 2 heterocycles. The molecule has 0 radical (unpaired) electrons. The molecule has 1 atom stereocenters. The van der Waals surface area contributed by atoms with Gasteiger partial charge in [0.25, 0.3) is 0 Å². The minimum Gasteiger partial charge on any atom is -0.444 e. The molecule has 150 valence electrons. The van der Waals surface area contributed by atoms with Crippen LogP contribution in [0, 0.1) is 0 Å². The minimum atomic E-state index is -4.84. The minimum absolute atomic E-state index is 0.0866. The van der Waals surface area contributed by atoms with Gasteiger partial charge in [-0.25, -0.2) is 13.2 Å². The number of halogens is 3. The van der Waals surface area contributed by atoms with Crippen LogP contribution in [-0.4, -0.2) is 61.9 Å². The lowest BCUT2D eigenvalue weighted by molar-refractivity contribution is -0.274. The number of amides is 1. The van der Waals surface area contributed by atoms with E-state index in [1.165, 1.54) is 4.31 Å². The molecule has 2 aliphatic heterocycles. The quantitative estimate of drug-likeness (QED) is 0.766. The van der Waals surface area contributed by atoms with Crippen molar-refractivity contribution in [3.05, 3.63) is 24.3 Å². The number of rotatable bonds is 4. The number of carbonyl (C=O) groups excluding carboxylic acids is 1. The number of sulfonamides is 1. The van der Waals surface area contributed by atoms with E-state index in [-0.39, 0.29) is 36.2 Å². The van der Waals surface area contributed by atoms with Crippen molar-refractivity contribution in [1.82, 2.24) is 9.21 Å². The first-order valence-corrected chi connectivity index (χ1v) is 9.83. The number of hydrogen-bond acceptors (Lipinski definition) is 5. The molecule has 0 bridgehead atoms. The molecule has 0 saturated carbocycles. The third-order valence-electron chi connectivity index (χ3n) is 4.55. The standard InChI is InChI=1S/C16H19F3N2O5S/c1-11-10-21(15(22)25-11)12-6-8-20(9-7-12)27(23,24)14-4-2-13(3-5-14)26-16(17,18)19/h2-5,11-12H,6-10H2,1H3. The number of piperidine rings is 1. The maximum absolute atomic E-state index is 12.7. The second kappa shape index (κ2) is 7.19. The summed E-state index contributed by atoms with van der Waals surface area (Å²) < 4.78 is 72.1. The van der Waals surface area contributed by atoms with E-state index in [2.05, 4.69) is 4.74 Å². The molecule has 1 unspecified atom stereocenters. The SMILES string of the molecule is CC1CN(C2CCN(S(=O)(=O)c3ccc(OC(F)(F)F)cc3)CC2)C(=O)O1. The summed E-state index contributed by atoms with van der Waals surface area (Å²) in [5.74, 6) is -0.484. The van der Waals surface area contributed by atoms with E-state index in [1.807, 2.05) is 0 Å². The smallest absolute Gasteiger partial charge is 0.444 e. The van der Waals surface area contributed by atoms with Crippen LogP contribution in [0.2, 0.25) is 0 Å². The highest BCUT2D eigenvalue weighted by Crippen LogP contribution is 2.28. The van der Waals surface area contributed by atoms with E-state index in [0.717, 1.165) is 24.3 Å². The molecule has 1 aromatic carbocycles. The summed E-state index contributed by atoms with van der Waals surface area (Å²) >= 11 is 0. The summed E-state index contributed by atoms with van der Waals surface area (Å²) in [6.07, 6.45) is -4.47. The fraction of sp³-hybridized carbons (Fsp3) is 0.562. The number of carbonyl (C=O) groups is 1. The Labute approximate surface area is 154 Å². The fourth-order valence-electron chi connectivity index (χ4n) is 3.28. The molecule has 7 nitrogen and oxygen atoms in total. The molecule has 2 fully saturated rings. The van der Waals surface area contributed by atoms with E-state index in [1.54, 1.807) is 11.8 Å². The molecule has 27 heavy (non-hydrogen) atoms. The third-order valence-corrected chi connectivity index (χ3v) is 6.46. The lowest BCUT2D eigenvalue weighted by Gasteiger charge is -2.34. The van der Waals surface area contributed by atoms with E-state index in [0.29, 0.717) is 19.4 Å². The van der Waals surface area contributed by atoms with Gasteiger partial charge in [-0.05, 0) is 44.0 Å². The zero-order chi connectivity index (χ0) is 19.8. The van der Waals surface area contributed by atoms with E-state index in [9.17, 15) is 26.4 Å². The van der Waals surface area contributed by atoms with Crippen molar-refractivity contribution in [2.45, 2.75) is 43.2 Å². The lowest BCUT2D eigenvalue weighted by Crippen LogP contribution is -2.47. The molecule has 0 spiro atoms. The van der Waals surface area contributed by atoms with Gasteiger partial charge in [-0.2, -0.15) is 4.31 Å². The average molecular weight is 408 g/mol. The first-order valence-electron chi connectivity index (χ1n) is 8.39. The van der Waals surface area contributed by atoms with E-state index >= 15 is 0 Å². The van der Waals surface area contributed by atoms with Crippen LogP contribution in [0.3, 0.4) is 0 Å². The van der Waals surface area contributed by atoms with Crippen LogP contribution in [0.15, 0.2) is 29.2 Å². The van der Waals surface area contributed by atoms with Crippen molar-refractivity contribution in [2.75, 3.05) is 19.6 Å². The average Bonchev–Trinajstić information content (AvgIpc) is 2.92. The Morgan fingerprint density at radius 1 is 1.15 bits per heavy atom. The predicted molar refractivity (Wildman–Crippen MR) is 87.6 cm³/mol. The lowest BCUT2D eigenvalue weighted by atomic mass is 10.1. The van der Waals surface area contributed by atoms with Crippen molar-refractivity contribution in [3.63, 3.8) is 0 Å². The first-order chi connectivity index (χ1) is 12.6. The molecule has 3 rings (SSSR count). The summed E-state index contributed by atoms with van der Waals surface area (Å²) in [7, 11) is -3.83. The van der Waals surface area contributed by atoms with Gasteiger partial charge in [0.2, 0.25) is 10.0 Å². The number of ether oxygens (including phenoxy) is 2. The molecule has 11 heteroatoms. The molecule has 1 amide bonds. The third kappa shape index (κ3) is 4.46. The molecule has 0 N–H and O–H groups in total. The molecular formula is C16H19F3N2O5S. The van der Waals surface area contributed by atoms with Gasteiger partial charge >= 0.3 is 12.5 Å². The Bertz CT molecular complexity index is 789. The molecule has 2 aliphatic rings. The largest absolute Gasteiger partial charge is 0.573 e. The van der Waals surface area contributed by atoms with Crippen molar-refractivity contribution >= 4 is 16.1 Å². The highest BCUT2D eigenvalue weighted by Gasteiger charge is 2.38. The van der Waals surface area contributed by atoms with Crippen LogP contribution >= 0.6 is 0 Å². The van der Waals surface area contributed by atoms with Gasteiger partial charge in [0.05, 0.1) is 11.4 Å². The van der Waals surface area contributed by atoms with Crippen molar-refractivity contribution < 1.29 is 35.9 Å². The molecule has 2 saturated heterocycles. The summed E-state index contributed by atoms with van der Waals surface area (Å²) in [6, 6.07) is 4.02. The normalized spacial score (nSPS) is 22.7. The van der Waals surface area contributed by atoms with Crippen LogP contribution < -0.4 is 4.74 Å². The zero-order valence-electron chi connectivity index (χ0n) is 14.5. The van der Waals surface area contributed by atoms with Crippen LogP contribution in [0.4, 0.5) is 18.0 Å². The van der Waals surface area contributed by atoms with Crippen molar-refractivity contribution in [1.29, 1.82) is 0 Å². The summed E-state index contributed by atoms with van der Waals surface area (Å²) in [6.45, 7) is 2.71. The monoisotopic (exact) mass is 408 g/mol. The Morgan fingerprint density at radius 3 is 2.22 bits per heavy atom. The number of alkyl halides is 3. The predicted octanol–water partition coefficient (Wildman–Crippen LogP) is 2.58. The maximum atomic E-state index is 12.7. The van der Waals surface area contributed by atoms with Gasteiger partial charge in [0, 0.05) is 19.1 Å². The topological polar surface area (TPSA) is 76.2 Å². The van der Waals surface area contributed by atoms with Gasteiger partial charge in [-0.15, -0.1) is 13.2 Å². The molecule has 1 aromatic rings. The molecule has 0 aromatic heterocycles. The number of nitrogens with zero attached hydrogens (tertiary/aromatic N) is 2. The van der Waals surface area contributed by atoms with Crippen LogP contribution in [-0.2, 0) is 14.8 Å². The highest BCUT2D eigenvalue weighted by molar-refractivity contribution is 7.89. The first kappa shape index (κ1) is 19.7.